The molecule has 3 rings (SSSR count). The molecule has 0 saturated heterocycles. The summed E-state index contributed by atoms with van der Waals surface area (Å²) in [7, 11) is 0. The molecule has 1 aliphatic heterocycles. The molecule has 0 aromatic heterocycles. The molecule has 1 heterocycles. The third-order valence-corrected chi connectivity index (χ3v) is 4.78. The van der Waals surface area contributed by atoms with Crippen molar-refractivity contribution in [2.24, 2.45) is 0 Å². The van der Waals surface area contributed by atoms with Gasteiger partial charge in [-0.25, -0.2) is 0 Å². The number of rotatable bonds is 1. The molecule has 0 spiro atoms. The summed E-state index contributed by atoms with van der Waals surface area (Å²) in [5.41, 5.74) is 9.69. The quantitative estimate of drug-likeness (QED) is 0.803. The van der Waals surface area contributed by atoms with Gasteiger partial charge in [0.1, 0.15) is 0 Å². The first-order valence-electron chi connectivity index (χ1n) is 7.07. The molecule has 0 unspecified atom stereocenters. The summed E-state index contributed by atoms with van der Waals surface area (Å²) in [6.45, 7) is 1.44. The van der Waals surface area contributed by atoms with Gasteiger partial charge >= 0.3 is 0 Å². The summed E-state index contributed by atoms with van der Waals surface area (Å²) in [4.78, 5) is 14.7. The zero-order valence-electron chi connectivity index (χ0n) is 11.7. The lowest BCUT2D eigenvalue weighted by Crippen LogP contribution is -2.31. The minimum Gasteiger partial charge on any atom is -0.398 e. The smallest absolute Gasteiger partial charge is 0.255 e. The van der Waals surface area contributed by atoms with E-state index in [9.17, 15) is 4.79 Å². The lowest BCUT2D eigenvalue weighted by Gasteiger charge is -2.22. The van der Waals surface area contributed by atoms with Gasteiger partial charge in [0, 0.05) is 18.8 Å². The van der Waals surface area contributed by atoms with Gasteiger partial charge in [0.15, 0.2) is 0 Å². The fraction of sp³-hybridized carbons (Fsp3) is 0.235. The maximum atomic E-state index is 12.8. The molecule has 0 bridgehead atoms. The van der Waals surface area contributed by atoms with Crippen LogP contribution in [-0.4, -0.2) is 17.4 Å². The van der Waals surface area contributed by atoms with E-state index in [1.165, 1.54) is 11.1 Å². The Morgan fingerprint density at radius 3 is 2.67 bits per heavy atom. The molecule has 0 saturated carbocycles. The van der Waals surface area contributed by atoms with E-state index < -0.39 is 0 Å². The Morgan fingerprint density at radius 1 is 1.10 bits per heavy atom. The average molecular weight is 345 g/mol. The third kappa shape index (κ3) is 2.81. The fourth-order valence-electron chi connectivity index (χ4n) is 2.76. The second-order valence-corrected chi connectivity index (χ2v) is 6.10. The minimum atomic E-state index is 0.0332. The molecule has 2 N–H and O–H groups in total. The van der Waals surface area contributed by atoms with E-state index in [1.807, 2.05) is 23.1 Å². The average Bonchev–Trinajstić information content (AvgIpc) is 2.71. The van der Waals surface area contributed by atoms with E-state index in [-0.39, 0.29) is 5.91 Å². The maximum absolute atomic E-state index is 12.8. The van der Waals surface area contributed by atoms with E-state index in [4.69, 9.17) is 5.73 Å². The van der Waals surface area contributed by atoms with Crippen molar-refractivity contribution in [3.8, 4) is 0 Å². The topological polar surface area (TPSA) is 46.3 Å². The first-order valence-corrected chi connectivity index (χ1v) is 7.86. The van der Waals surface area contributed by atoms with Crippen LogP contribution >= 0.6 is 15.9 Å². The Bertz CT molecular complexity index is 684. The molecule has 108 valence electrons. The van der Waals surface area contributed by atoms with E-state index in [0.717, 1.165) is 19.4 Å². The molecule has 4 heteroatoms. The van der Waals surface area contributed by atoms with Gasteiger partial charge in [-0.1, -0.05) is 30.3 Å². The van der Waals surface area contributed by atoms with Gasteiger partial charge in [-0.05, 0) is 52.0 Å². The summed E-state index contributed by atoms with van der Waals surface area (Å²) in [6, 6.07) is 13.8. The van der Waals surface area contributed by atoms with Gasteiger partial charge in [0.25, 0.3) is 5.91 Å². The number of benzene rings is 2. The fourth-order valence-corrected chi connectivity index (χ4v) is 3.19. The number of amides is 1. The number of carbonyl (C=O) groups excluding carboxylic acids is 1. The molecule has 0 radical (unpaired) electrons. The Morgan fingerprint density at radius 2 is 1.86 bits per heavy atom. The van der Waals surface area contributed by atoms with Crippen molar-refractivity contribution in [2.45, 2.75) is 19.4 Å². The van der Waals surface area contributed by atoms with Crippen LogP contribution in [0.2, 0.25) is 0 Å². The molecule has 1 aliphatic rings. The van der Waals surface area contributed by atoms with Crippen molar-refractivity contribution in [2.75, 3.05) is 12.3 Å². The zero-order chi connectivity index (χ0) is 14.8. The predicted octanol–water partition coefficient (Wildman–Crippen LogP) is 3.62. The summed E-state index contributed by atoms with van der Waals surface area (Å²) in [6.07, 6.45) is 2.01. The highest BCUT2D eigenvalue weighted by Gasteiger charge is 2.22. The third-order valence-electron chi connectivity index (χ3n) is 3.90. The number of carbonyl (C=O) groups is 1. The van der Waals surface area contributed by atoms with Crippen LogP contribution in [0.3, 0.4) is 0 Å². The second-order valence-electron chi connectivity index (χ2n) is 5.31. The van der Waals surface area contributed by atoms with E-state index in [1.54, 1.807) is 6.07 Å². The normalized spacial score (nSPS) is 14.4. The standard InChI is InChI=1S/C17H17BrN2O/c18-16-14(8-3-9-15(16)19)17(21)20-10-4-7-12-5-1-2-6-13(12)11-20/h1-3,5-6,8-9H,4,7,10-11,19H2. The van der Waals surface area contributed by atoms with Gasteiger partial charge < -0.3 is 10.6 Å². The molecule has 0 aliphatic carbocycles. The number of nitrogen functional groups attached to an aromatic ring is 1. The van der Waals surface area contributed by atoms with Crippen molar-refractivity contribution >= 4 is 27.5 Å². The first kappa shape index (κ1) is 14.1. The number of hydrogen-bond acceptors (Lipinski definition) is 2. The number of anilines is 1. The minimum absolute atomic E-state index is 0.0332. The summed E-state index contributed by atoms with van der Waals surface area (Å²) in [5, 5.41) is 0. The molecule has 21 heavy (non-hydrogen) atoms. The predicted molar refractivity (Wildman–Crippen MR) is 88.1 cm³/mol. The van der Waals surface area contributed by atoms with Crippen LogP contribution in [0.5, 0.6) is 0 Å². The lowest BCUT2D eigenvalue weighted by atomic mass is 10.0. The van der Waals surface area contributed by atoms with Gasteiger partial charge in [-0.15, -0.1) is 0 Å². The highest BCUT2D eigenvalue weighted by atomic mass is 79.9. The SMILES string of the molecule is Nc1cccc(C(=O)N2CCCc3ccccc3C2)c1Br. The summed E-state index contributed by atoms with van der Waals surface area (Å²) < 4.78 is 0.688. The molecule has 1 amide bonds. The van der Waals surface area contributed by atoms with Gasteiger partial charge in [-0.2, -0.15) is 0 Å². The van der Waals surface area contributed by atoms with Crippen molar-refractivity contribution in [3.05, 3.63) is 63.6 Å². The second kappa shape index (κ2) is 5.90. The summed E-state index contributed by atoms with van der Waals surface area (Å²) >= 11 is 3.43. The van der Waals surface area contributed by atoms with E-state index >= 15 is 0 Å². The van der Waals surface area contributed by atoms with Crippen LogP contribution in [0, 0.1) is 0 Å². The molecule has 0 fully saturated rings. The van der Waals surface area contributed by atoms with Crippen molar-refractivity contribution in [3.63, 3.8) is 0 Å². The van der Waals surface area contributed by atoms with Crippen LogP contribution in [0.1, 0.15) is 27.9 Å². The molecular weight excluding hydrogens is 328 g/mol. The van der Waals surface area contributed by atoms with Gasteiger partial charge in [0.2, 0.25) is 0 Å². The number of nitrogens with zero attached hydrogens (tertiary/aromatic N) is 1. The molecule has 3 nitrogen and oxygen atoms in total. The Kier molecular flexibility index (Phi) is 3.97. The van der Waals surface area contributed by atoms with Crippen molar-refractivity contribution in [1.29, 1.82) is 0 Å². The first-order chi connectivity index (χ1) is 10.2. The van der Waals surface area contributed by atoms with Crippen LogP contribution in [0.4, 0.5) is 5.69 Å². The highest BCUT2D eigenvalue weighted by Crippen LogP contribution is 2.27. The number of halogens is 1. The molecule has 2 aromatic rings. The zero-order valence-corrected chi connectivity index (χ0v) is 13.3. The largest absolute Gasteiger partial charge is 0.398 e. The Balaban J connectivity index is 1.90. The lowest BCUT2D eigenvalue weighted by molar-refractivity contribution is 0.0745. The molecule has 0 atom stereocenters. The molecule has 2 aromatic carbocycles. The Hall–Kier alpha value is -1.81. The number of aryl methyl sites for hydroxylation is 1. The van der Waals surface area contributed by atoms with E-state index in [0.29, 0.717) is 22.3 Å². The van der Waals surface area contributed by atoms with Crippen LogP contribution in [0.25, 0.3) is 0 Å². The van der Waals surface area contributed by atoms with Crippen molar-refractivity contribution in [1.82, 2.24) is 4.90 Å². The molecular formula is C17H17BrN2O. The van der Waals surface area contributed by atoms with Crippen LogP contribution < -0.4 is 5.73 Å². The van der Waals surface area contributed by atoms with Crippen LogP contribution in [0.15, 0.2) is 46.9 Å². The van der Waals surface area contributed by atoms with Crippen molar-refractivity contribution < 1.29 is 4.79 Å². The highest BCUT2D eigenvalue weighted by molar-refractivity contribution is 9.10. The van der Waals surface area contributed by atoms with Crippen LogP contribution in [-0.2, 0) is 13.0 Å². The number of fused-ring (bicyclic) bond motifs is 1. The number of hydrogen-bond donors (Lipinski definition) is 1. The van der Waals surface area contributed by atoms with Gasteiger partial charge in [0.05, 0.1) is 10.0 Å². The summed E-state index contributed by atoms with van der Waals surface area (Å²) in [5.74, 6) is 0.0332. The number of nitrogens with two attached hydrogens (primary N) is 1. The van der Waals surface area contributed by atoms with E-state index in [2.05, 4.69) is 34.1 Å². The maximum Gasteiger partial charge on any atom is 0.255 e. The van der Waals surface area contributed by atoms with Gasteiger partial charge in [-0.3, -0.25) is 4.79 Å². The monoisotopic (exact) mass is 344 g/mol. The Labute approximate surface area is 132 Å².